The number of hydrogen-bond acceptors (Lipinski definition) is 7. The molecule has 1 N–H and O–H groups in total. The molecule has 8 heteroatoms. The lowest BCUT2D eigenvalue weighted by atomic mass is 10.2. The summed E-state index contributed by atoms with van der Waals surface area (Å²) in [5, 5.41) is 3.88. The quantitative estimate of drug-likeness (QED) is 0.312. The summed E-state index contributed by atoms with van der Waals surface area (Å²) in [6.45, 7) is 0. The van der Waals surface area contributed by atoms with Crippen molar-refractivity contribution in [3.63, 3.8) is 0 Å². The molecule has 8 nitrogen and oxygen atoms in total. The zero-order valence-electron chi connectivity index (χ0n) is 14.3. The normalized spacial score (nSPS) is 10.6. The van der Waals surface area contributed by atoms with Gasteiger partial charge >= 0.3 is 5.97 Å². The zero-order valence-corrected chi connectivity index (χ0v) is 14.3. The lowest BCUT2D eigenvalue weighted by molar-refractivity contribution is 0.0696. The number of carbonyl (C=O) groups excluding carboxylic acids is 2. The molecular weight excluding hydrogens is 350 g/mol. The second kappa shape index (κ2) is 8.43. The number of ether oxygens (including phenoxy) is 2. The van der Waals surface area contributed by atoms with Crippen molar-refractivity contribution in [2.45, 2.75) is 0 Å². The van der Waals surface area contributed by atoms with E-state index in [4.69, 9.17) is 13.9 Å². The van der Waals surface area contributed by atoms with E-state index in [1.165, 1.54) is 31.9 Å². The molecule has 27 heavy (non-hydrogen) atoms. The van der Waals surface area contributed by atoms with Gasteiger partial charge in [-0.2, -0.15) is 5.10 Å². The van der Waals surface area contributed by atoms with Crippen LogP contribution in [0.5, 0.6) is 11.5 Å². The van der Waals surface area contributed by atoms with Gasteiger partial charge in [0.05, 0.1) is 19.6 Å². The number of nitrogens with one attached hydrogen (secondary N) is 1. The first-order valence-corrected chi connectivity index (χ1v) is 7.85. The fraction of sp³-hybridized carbons (Fsp3) is 0.0526. The Kier molecular flexibility index (Phi) is 5.58. The van der Waals surface area contributed by atoms with Crippen LogP contribution in [0, 0.1) is 0 Å². The molecule has 2 heterocycles. The summed E-state index contributed by atoms with van der Waals surface area (Å²) in [6, 6.07) is 12.9. The second-order valence-electron chi connectivity index (χ2n) is 5.19. The molecule has 0 aliphatic rings. The van der Waals surface area contributed by atoms with Crippen molar-refractivity contribution < 1.29 is 23.5 Å². The smallest absolute Gasteiger partial charge is 0.379 e. The largest absolute Gasteiger partial charge is 0.493 e. The molecule has 0 saturated carbocycles. The molecule has 3 rings (SSSR count). The molecule has 0 fully saturated rings. The zero-order chi connectivity index (χ0) is 19.1. The van der Waals surface area contributed by atoms with Crippen molar-refractivity contribution in [2.75, 3.05) is 7.11 Å². The minimum Gasteiger partial charge on any atom is -0.493 e. The summed E-state index contributed by atoms with van der Waals surface area (Å²) in [5.74, 6) is -0.423. The highest BCUT2D eigenvalue weighted by molar-refractivity contribution is 5.93. The van der Waals surface area contributed by atoms with E-state index in [-0.39, 0.29) is 17.2 Å². The van der Waals surface area contributed by atoms with Crippen LogP contribution in [-0.2, 0) is 0 Å². The predicted octanol–water partition coefficient (Wildman–Crippen LogP) is 2.67. The van der Waals surface area contributed by atoms with E-state index in [9.17, 15) is 9.59 Å². The summed E-state index contributed by atoms with van der Waals surface area (Å²) in [5.41, 5.74) is 3.27. The summed E-state index contributed by atoms with van der Waals surface area (Å²) in [6.07, 6.45) is 4.33. The molecule has 0 bridgehead atoms. The number of amides is 1. The Hall–Kier alpha value is -3.94. The van der Waals surface area contributed by atoms with Crippen molar-refractivity contribution in [3.05, 3.63) is 78.0 Å². The maximum absolute atomic E-state index is 12.0. The van der Waals surface area contributed by atoms with Crippen LogP contribution in [0.4, 0.5) is 0 Å². The summed E-state index contributed by atoms with van der Waals surface area (Å²) in [4.78, 5) is 27.8. The first kappa shape index (κ1) is 17.9. The van der Waals surface area contributed by atoms with Gasteiger partial charge in [0.1, 0.15) is 5.69 Å². The van der Waals surface area contributed by atoms with E-state index < -0.39 is 11.9 Å². The number of hydrogen-bond donors (Lipinski definition) is 1. The molecule has 1 amide bonds. The number of pyridine rings is 1. The van der Waals surface area contributed by atoms with Gasteiger partial charge in [-0.1, -0.05) is 6.07 Å². The van der Waals surface area contributed by atoms with Gasteiger partial charge < -0.3 is 13.9 Å². The maximum Gasteiger partial charge on any atom is 0.379 e. The Morgan fingerprint density at radius 2 is 2.04 bits per heavy atom. The fourth-order valence-corrected chi connectivity index (χ4v) is 2.11. The van der Waals surface area contributed by atoms with Crippen LogP contribution in [0.2, 0.25) is 0 Å². The Bertz CT molecular complexity index is 953. The van der Waals surface area contributed by atoms with Crippen LogP contribution >= 0.6 is 0 Å². The van der Waals surface area contributed by atoms with Crippen molar-refractivity contribution >= 4 is 18.1 Å². The number of hydrazone groups is 1. The minimum atomic E-state index is -0.637. The first-order chi connectivity index (χ1) is 13.2. The van der Waals surface area contributed by atoms with Gasteiger partial charge in [0.2, 0.25) is 5.76 Å². The molecule has 0 spiro atoms. The number of carbonyl (C=O) groups is 2. The fourth-order valence-electron chi connectivity index (χ4n) is 2.11. The van der Waals surface area contributed by atoms with Crippen molar-refractivity contribution in [1.29, 1.82) is 0 Å². The van der Waals surface area contributed by atoms with Gasteiger partial charge in [0.25, 0.3) is 5.91 Å². The molecule has 2 aromatic heterocycles. The van der Waals surface area contributed by atoms with Gasteiger partial charge in [0.15, 0.2) is 11.5 Å². The Labute approximate surface area is 154 Å². The summed E-state index contributed by atoms with van der Waals surface area (Å²) >= 11 is 0. The van der Waals surface area contributed by atoms with Crippen LogP contribution < -0.4 is 14.9 Å². The topological polar surface area (TPSA) is 103 Å². The van der Waals surface area contributed by atoms with Gasteiger partial charge in [-0.15, -0.1) is 0 Å². The number of furan rings is 1. The first-order valence-electron chi connectivity index (χ1n) is 7.85. The molecule has 0 aliphatic heterocycles. The standard InChI is InChI=1S/C19H15N3O5/c1-25-17-11-13(12-21-22-18(23)14-5-2-3-9-20-14)7-8-15(17)27-19(24)16-6-4-10-26-16/h2-12H,1H3,(H,22,23)/b21-12-. The number of aromatic nitrogens is 1. The number of rotatable bonds is 6. The third kappa shape index (κ3) is 4.57. The van der Waals surface area contributed by atoms with E-state index >= 15 is 0 Å². The number of esters is 1. The number of methoxy groups -OCH3 is 1. The summed E-state index contributed by atoms with van der Waals surface area (Å²) < 4.78 is 15.5. The lowest BCUT2D eigenvalue weighted by Crippen LogP contribution is -2.18. The highest BCUT2D eigenvalue weighted by atomic mass is 16.6. The Balaban J connectivity index is 1.66. The van der Waals surface area contributed by atoms with Crippen molar-refractivity contribution in [2.24, 2.45) is 5.10 Å². The number of nitrogens with zero attached hydrogens (tertiary/aromatic N) is 2. The van der Waals surface area contributed by atoms with E-state index in [1.54, 1.807) is 42.5 Å². The molecule has 1 aromatic carbocycles. The lowest BCUT2D eigenvalue weighted by Gasteiger charge is -2.09. The Morgan fingerprint density at radius 3 is 2.74 bits per heavy atom. The third-order valence-corrected chi connectivity index (χ3v) is 3.39. The average molecular weight is 365 g/mol. The van der Waals surface area contributed by atoms with Crippen LogP contribution in [0.1, 0.15) is 26.6 Å². The third-order valence-electron chi connectivity index (χ3n) is 3.39. The number of benzene rings is 1. The molecule has 136 valence electrons. The highest BCUT2D eigenvalue weighted by Gasteiger charge is 2.14. The minimum absolute atomic E-state index is 0.0833. The maximum atomic E-state index is 12.0. The van der Waals surface area contributed by atoms with Gasteiger partial charge in [0, 0.05) is 6.20 Å². The van der Waals surface area contributed by atoms with Crippen molar-refractivity contribution in [3.8, 4) is 11.5 Å². The van der Waals surface area contributed by atoms with Crippen molar-refractivity contribution in [1.82, 2.24) is 10.4 Å². The molecule has 0 saturated heterocycles. The molecular formula is C19H15N3O5. The molecule has 0 radical (unpaired) electrons. The van der Waals surface area contributed by atoms with E-state index in [1.807, 2.05) is 0 Å². The molecule has 0 aliphatic carbocycles. The highest BCUT2D eigenvalue weighted by Crippen LogP contribution is 2.28. The van der Waals surface area contributed by atoms with E-state index in [2.05, 4.69) is 15.5 Å². The van der Waals surface area contributed by atoms with Gasteiger partial charge in [-0.3, -0.25) is 9.78 Å². The molecule has 0 atom stereocenters. The van der Waals surface area contributed by atoms with Gasteiger partial charge in [-0.05, 0) is 48.0 Å². The predicted molar refractivity (Wildman–Crippen MR) is 96.0 cm³/mol. The SMILES string of the molecule is COc1cc(/C=N\NC(=O)c2ccccn2)ccc1OC(=O)c1ccco1. The van der Waals surface area contributed by atoms with Crippen LogP contribution in [0.25, 0.3) is 0 Å². The van der Waals surface area contributed by atoms with Gasteiger partial charge in [-0.25, -0.2) is 10.2 Å². The molecule has 0 unspecified atom stereocenters. The Morgan fingerprint density at radius 1 is 1.15 bits per heavy atom. The van der Waals surface area contributed by atoms with Crippen LogP contribution in [0.15, 0.2) is 70.5 Å². The second-order valence-corrected chi connectivity index (χ2v) is 5.19. The average Bonchev–Trinajstić information content (AvgIpc) is 3.24. The van der Waals surface area contributed by atoms with Crippen LogP contribution in [-0.4, -0.2) is 30.2 Å². The summed E-state index contributed by atoms with van der Waals surface area (Å²) in [7, 11) is 1.45. The van der Waals surface area contributed by atoms with Crippen LogP contribution in [0.3, 0.4) is 0 Å². The molecule has 3 aromatic rings. The van der Waals surface area contributed by atoms with E-state index in [0.717, 1.165) is 0 Å². The van der Waals surface area contributed by atoms with E-state index in [0.29, 0.717) is 11.3 Å². The monoisotopic (exact) mass is 365 g/mol.